The highest BCUT2D eigenvalue weighted by Crippen LogP contribution is 2.46. The molecule has 0 amide bonds. The molecule has 0 radical (unpaired) electrons. The highest BCUT2D eigenvalue weighted by Gasteiger charge is 2.50. The molecule has 1 aromatic carbocycles. The van der Waals surface area contributed by atoms with Crippen molar-refractivity contribution in [1.29, 1.82) is 0 Å². The minimum Gasteiger partial charge on any atom is -0.297 e. The Labute approximate surface area is 158 Å². The first-order valence-corrected chi connectivity index (χ1v) is 10.5. The van der Waals surface area contributed by atoms with Crippen molar-refractivity contribution >= 4 is 9.84 Å². The highest BCUT2D eigenvalue weighted by atomic mass is 32.2. The van der Waals surface area contributed by atoms with Crippen LogP contribution >= 0.6 is 0 Å². The van der Waals surface area contributed by atoms with E-state index in [1.807, 2.05) is 37.6 Å². The zero-order valence-electron chi connectivity index (χ0n) is 15.0. The van der Waals surface area contributed by atoms with Crippen molar-refractivity contribution in [3.63, 3.8) is 0 Å². The third-order valence-electron chi connectivity index (χ3n) is 5.63. The van der Waals surface area contributed by atoms with Gasteiger partial charge in [0.1, 0.15) is 0 Å². The Bertz CT molecular complexity index is 1110. The number of fused-ring (bicyclic) bond motifs is 3. The average molecular weight is 380 g/mol. The summed E-state index contributed by atoms with van der Waals surface area (Å²) in [5, 5.41) is 3.86. The minimum absolute atomic E-state index is 0.0310. The quantitative estimate of drug-likeness (QED) is 0.697. The van der Waals surface area contributed by atoms with Gasteiger partial charge in [0.2, 0.25) is 0 Å². The summed E-state index contributed by atoms with van der Waals surface area (Å²) in [5.74, 6) is 0.0310. The molecule has 27 heavy (non-hydrogen) atoms. The number of rotatable bonds is 3. The summed E-state index contributed by atoms with van der Waals surface area (Å²) < 4.78 is 27.9. The van der Waals surface area contributed by atoms with Crippen molar-refractivity contribution in [3.8, 4) is 11.1 Å². The van der Waals surface area contributed by atoms with Crippen LogP contribution in [-0.4, -0.2) is 46.4 Å². The second-order valence-corrected chi connectivity index (χ2v) is 9.53. The van der Waals surface area contributed by atoms with Crippen LogP contribution in [0.4, 0.5) is 0 Å². The molecule has 0 aliphatic carbocycles. The van der Waals surface area contributed by atoms with Crippen LogP contribution in [0.2, 0.25) is 0 Å². The van der Waals surface area contributed by atoms with Crippen LogP contribution in [-0.2, 0) is 23.4 Å². The van der Waals surface area contributed by atoms with Gasteiger partial charge in [-0.05, 0) is 41.0 Å². The molecule has 2 atom stereocenters. The van der Waals surface area contributed by atoms with Crippen molar-refractivity contribution in [2.75, 3.05) is 13.1 Å². The lowest BCUT2D eigenvalue weighted by Gasteiger charge is -2.16. The number of aryl methyl sites for hydroxylation is 1. The highest BCUT2D eigenvalue weighted by molar-refractivity contribution is 7.92. The zero-order chi connectivity index (χ0) is 18.6. The van der Waals surface area contributed by atoms with E-state index < -0.39 is 9.84 Å². The van der Waals surface area contributed by atoms with E-state index in [0.717, 1.165) is 35.3 Å². The predicted molar refractivity (Wildman–Crippen MR) is 102 cm³/mol. The fraction of sp³-hybridized carbons (Fsp3) is 0.300. The Morgan fingerprint density at radius 3 is 2.67 bits per heavy atom. The van der Waals surface area contributed by atoms with Crippen LogP contribution in [0.3, 0.4) is 0 Å². The predicted octanol–water partition coefficient (Wildman–Crippen LogP) is 2.24. The van der Waals surface area contributed by atoms with Gasteiger partial charge in [-0.1, -0.05) is 6.07 Å². The van der Waals surface area contributed by atoms with Gasteiger partial charge in [0.05, 0.1) is 16.3 Å². The van der Waals surface area contributed by atoms with Crippen molar-refractivity contribution in [3.05, 3.63) is 66.2 Å². The Hall–Kier alpha value is -2.51. The molecule has 3 aromatic rings. The molecule has 2 aliphatic heterocycles. The fourth-order valence-electron chi connectivity index (χ4n) is 4.39. The van der Waals surface area contributed by atoms with Gasteiger partial charge in [0.25, 0.3) is 0 Å². The number of likely N-dealkylation sites (tertiary alicyclic amines) is 1. The lowest BCUT2D eigenvalue weighted by molar-refractivity contribution is 0.325. The summed E-state index contributed by atoms with van der Waals surface area (Å²) in [7, 11) is -1.38. The maximum Gasteiger partial charge on any atom is 0.183 e. The van der Waals surface area contributed by atoms with Gasteiger partial charge in [0, 0.05) is 56.8 Å². The SMILES string of the molecule is Cn1cc(CN2C[C@@H]3c4cc(-c5ccncc5)ccc4S(=O)(=O)[C@H]3C2)cn1. The first-order valence-electron chi connectivity index (χ1n) is 9.00. The number of pyridine rings is 1. The van der Waals surface area contributed by atoms with E-state index in [1.165, 1.54) is 0 Å². The second kappa shape index (κ2) is 6.00. The molecule has 7 heteroatoms. The van der Waals surface area contributed by atoms with Gasteiger partial charge < -0.3 is 0 Å². The van der Waals surface area contributed by atoms with E-state index in [4.69, 9.17) is 0 Å². The number of sulfone groups is 1. The van der Waals surface area contributed by atoms with Crippen LogP contribution < -0.4 is 0 Å². The van der Waals surface area contributed by atoms with Crippen LogP contribution in [0.5, 0.6) is 0 Å². The van der Waals surface area contributed by atoms with Gasteiger partial charge >= 0.3 is 0 Å². The normalized spacial score (nSPS) is 23.3. The summed E-state index contributed by atoms with van der Waals surface area (Å²) in [5.41, 5.74) is 4.17. The van der Waals surface area contributed by atoms with Gasteiger partial charge in [-0.25, -0.2) is 8.42 Å². The van der Waals surface area contributed by atoms with E-state index in [-0.39, 0.29) is 11.2 Å². The first kappa shape index (κ1) is 16.6. The van der Waals surface area contributed by atoms with Gasteiger partial charge in [-0.15, -0.1) is 0 Å². The third-order valence-corrected chi connectivity index (χ3v) is 7.89. The Morgan fingerprint density at radius 2 is 1.93 bits per heavy atom. The number of benzene rings is 1. The van der Waals surface area contributed by atoms with Crippen LogP contribution in [0.25, 0.3) is 11.1 Å². The molecule has 0 unspecified atom stereocenters. The molecule has 2 aromatic heterocycles. The fourth-order valence-corrected chi connectivity index (χ4v) is 6.59. The van der Waals surface area contributed by atoms with Gasteiger partial charge in [0.15, 0.2) is 9.84 Å². The van der Waals surface area contributed by atoms with Gasteiger partial charge in [-0.2, -0.15) is 5.10 Å². The van der Waals surface area contributed by atoms with Crippen LogP contribution in [0.1, 0.15) is 17.0 Å². The maximum atomic E-state index is 13.1. The number of hydrogen-bond acceptors (Lipinski definition) is 5. The molecular weight excluding hydrogens is 360 g/mol. The summed E-state index contributed by atoms with van der Waals surface area (Å²) in [6, 6.07) is 9.64. The van der Waals surface area contributed by atoms with E-state index in [9.17, 15) is 8.42 Å². The minimum atomic E-state index is -3.28. The van der Waals surface area contributed by atoms with Crippen LogP contribution in [0, 0.1) is 0 Å². The van der Waals surface area contributed by atoms with E-state index in [1.54, 1.807) is 23.1 Å². The lowest BCUT2D eigenvalue weighted by atomic mass is 9.95. The Kier molecular flexibility index (Phi) is 3.70. The molecular formula is C20H20N4O2S. The molecule has 0 saturated carbocycles. The van der Waals surface area contributed by atoms with E-state index in [2.05, 4.69) is 21.0 Å². The topological polar surface area (TPSA) is 68.1 Å². The molecule has 1 fully saturated rings. The van der Waals surface area contributed by atoms with Crippen molar-refractivity contribution in [2.24, 2.45) is 7.05 Å². The summed E-state index contributed by atoms with van der Waals surface area (Å²) >= 11 is 0. The van der Waals surface area contributed by atoms with E-state index in [0.29, 0.717) is 11.4 Å². The average Bonchev–Trinajstić information content (AvgIpc) is 3.33. The molecule has 138 valence electrons. The molecule has 5 rings (SSSR count). The molecule has 1 saturated heterocycles. The standard InChI is InChI=1S/C20H20N4O2S/c1-23-10-14(9-22-23)11-24-12-18-17-8-16(15-4-6-21-7-5-15)2-3-19(17)27(25,26)20(18)13-24/h2-10,18,20H,11-13H2,1H3/t18-,20+/m1/s1. The Morgan fingerprint density at radius 1 is 1.11 bits per heavy atom. The first-order chi connectivity index (χ1) is 13.0. The monoisotopic (exact) mass is 380 g/mol. The zero-order valence-corrected chi connectivity index (χ0v) is 15.8. The molecule has 0 bridgehead atoms. The van der Waals surface area contributed by atoms with E-state index >= 15 is 0 Å². The number of nitrogens with zero attached hydrogens (tertiary/aromatic N) is 4. The molecule has 6 nitrogen and oxygen atoms in total. The van der Waals surface area contributed by atoms with Crippen molar-refractivity contribution in [2.45, 2.75) is 22.6 Å². The summed E-state index contributed by atoms with van der Waals surface area (Å²) in [6.45, 7) is 2.06. The largest absolute Gasteiger partial charge is 0.297 e. The van der Waals surface area contributed by atoms with Crippen molar-refractivity contribution in [1.82, 2.24) is 19.7 Å². The molecule has 4 heterocycles. The molecule has 2 aliphatic rings. The van der Waals surface area contributed by atoms with Gasteiger partial charge in [-0.3, -0.25) is 14.6 Å². The molecule has 0 N–H and O–H groups in total. The molecule has 0 spiro atoms. The number of hydrogen-bond donors (Lipinski definition) is 0. The smallest absolute Gasteiger partial charge is 0.183 e. The summed E-state index contributed by atoms with van der Waals surface area (Å²) in [4.78, 5) is 6.80. The van der Waals surface area contributed by atoms with Crippen molar-refractivity contribution < 1.29 is 8.42 Å². The van der Waals surface area contributed by atoms with Crippen LogP contribution in [0.15, 0.2) is 60.0 Å². The second-order valence-electron chi connectivity index (χ2n) is 7.39. The lowest BCUT2D eigenvalue weighted by Crippen LogP contribution is -2.25. The Balaban J connectivity index is 1.48. The third kappa shape index (κ3) is 2.69. The maximum absolute atomic E-state index is 13.1. The number of aromatic nitrogens is 3. The summed E-state index contributed by atoms with van der Waals surface area (Å²) in [6.07, 6.45) is 7.34.